The van der Waals surface area contributed by atoms with Crippen molar-refractivity contribution in [2.75, 3.05) is 16.8 Å². The predicted molar refractivity (Wildman–Crippen MR) is 129 cm³/mol. The van der Waals surface area contributed by atoms with Gasteiger partial charge in [0, 0.05) is 12.7 Å². The fourth-order valence-corrected chi connectivity index (χ4v) is 6.82. The molecular formula is C29H24N2O3. The first-order valence-corrected chi connectivity index (χ1v) is 11.9. The van der Waals surface area contributed by atoms with Gasteiger partial charge >= 0.3 is 0 Å². The van der Waals surface area contributed by atoms with E-state index in [-0.39, 0.29) is 29.6 Å². The number of para-hydroxylation sites is 2. The molecule has 2 unspecified atom stereocenters. The lowest BCUT2D eigenvalue weighted by atomic mass is 9.76. The molecule has 2 atom stereocenters. The van der Waals surface area contributed by atoms with Crippen LogP contribution in [0.2, 0.25) is 0 Å². The Hall–Kier alpha value is -3.73. The van der Waals surface area contributed by atoms with Crippen molar-refractivity contribution in [1.29, 1.82) is 0 Å². The average Bonchev–Trinajstić information content (AvgIpc) is 3.42. The maximum absolute atomic E-state index is 13.4. The summed E-state index contributed by atoms with van der Waals surface area (Å²) in [6, 6.07) is 21.8. The first-order valence-electron chi connectivity index (χ1n) is 11.9. The number of imide groups is 1. The number of anilines is 2. The fraction of sp³-hybridized carbons (Fsp3) is 0.276. The van der Waals surface area contributed by atoms with Gasteiger partial charge in [-0.05, 0) is 71.7 Å². The molecule has 2 heterocycles. The van der Waals surface area contributed by atoms with Crippen LogP contribution in [-0.4, -0.2) is 24.8 Å². The van der Waals surface area contributed by atoms with Crippen molar-refractivity contribution in [2.45, 2.75) is 31.1 Å². The van der Waals surface area contributed by atoms with Gasteiger partial charge in [-0.3, -0.25) is 19.3 Å². The molecule has 1 saturated heterocycles. The zero-order valence-corrected chi connectivity index (χ0v) is 19.0. The second-order valence-corrected chi connectivity index (χ2v) is 10.2. The number of hydrogen-bond acceptors (Lipinski definition) is 3. The summed E-state index contributed by atoms with van der Waals surface area (Å²) in [5, 5.41) is 0. The third-order valence-electron chi connectivity index (χ3n) is 8.46. The van der Waals surface area contributed by atoms with Crippen LogP contribution in [0.4, 0.5) is 11.4 Å². The van der Waals surface area contributed by atoms with E-state index in [9.17, 15) is 14.4 Å². The molecule has 3 aromatic rings. The molecule has 168 valence electrons. The predicted octanol–water partition coefficient (Wildman–Crippen LogP) is 3.60. The number of amides is 3. The number of carbonyl (C=O) groups is 3. The number of carbonyl (C=O) groups excluding carboxylic acids is 3. The Balaban J connectivity index is 1.24. The van der Waals surface area contributed by atoms with Gasteiger partial charge in [-0.25, -0.2) is 0 Å². The zero-order chi connectivity index (χ0) is 23.2. The number of benzene rings is 3. The van der Waals surface area contributed by atoms with E-state index < -0.39 is 5.41 Å². The molecule has 7 rings (SSSR count). The minimum absolute atomic E-state index is 0.0923. The molecular weight excluding hydrogens is 424 g/mol. The van der Waals surface area contributed by atoms with Crippen molar-refractivity contribution < 1.29 is 14.4 Å². The average molecular weight is 449 g/mol. The highest BCUT2D eigenvalue weighted by Crippen LogP contribution is 2.50. The van der Waals surface area contributed by atoms with Crippen molar-refractivity contribution >= 4 is 29.1 Å². The van der Waals surface area contributed by atoms with Gasteiger partial charge in [0.1, 0.15) is 0 Å². The van der Waals surface area contributed by atoms with Gasteiger partial charge in [-0.15, -0.1) is 0 Å². The maximum Gasteiger partial charge on any atom is 0.238 e. The summed E-state index contributed by atoms with van der Waals surface area (Å²) in [5.41, 5.74) is 6.93. The Morgan fingerprint density at radius 1 is 0.735 bits per heavy atom. The highest BCUT2D eigenvalue weighted by molar-refractivity contribution is 6.22. The molecule has 0 aromatic heterocycles. The molecule has 2 aliphatic heterocycles. The van der Waals surface area contributed by atoms with Crippen molar-refractivity contribution in [3.05, 3.63) is 94.5 Å². The summed E-state index contributed by atoms with van der Waals surface area (Å²) in [6.45, 7) is 0. The molecule has 5 nitrogen and oxygen atoms in total. The molecule has 4 aliphatic rings. The quantitative estimate of drug-likeness (QED) is 0.535. The van der Waals surface area contributed by atoms with E-state index in [2.05, 4.69) is 18.2 Å². The first kappa shape index (κ1) is 19.7. The topological polar surface area (TPSA) is 57.7 Å². The monoisotopic (exact) mass is 448 g/mol. The van der Waals surface area contributed by atoms with E-state index in [4.69, 9.17) is 0 Å². The maximum atomic E-state index is 13.4. The van der Waals surface area contributed by atoms with Crippen molar-refractivity contribution in [3.8, 4) is 0 Å². The van der Waals surface area contributed by atoms with Gasteiger partial charge in [-0.1, -0.05) is 48.5 Å². The second kappa shape index (κ2) is 6.66. The standard InChI is InChI=1S/C29H24N2O3/c1-30-25-10-6-5-9-24(25)29(28(30)34)15-19-11-17-13-22-23(14-18(17)12-20(19)16-29)27(33)31(26(22)32)21-7-3-2-4-8-21/h2-12,22-23H,13-16H2,1H3. The summed E-state index contributed by atoms with van der Waals surface area (Å²) in [7, 11) is 1.86. The Kier molecular flexibility index (Phi) is 3.86. The summed E-state index contributed by atoms with van der Waals surface area (Å²) in [4.78, 5) is 43.1. The molecule has 2 aliphatic carbocycles. The van der Waals surface area contributed by atoms with Crippen LogP contribution in [0.3, 0.4) is 0 Å². The molecule has 3 aromatic carbocycles. The number of rotatable bonds is 1. The van der Waals surface area contributed by atoms with E-state index in [0.717, 1.165) is 22.4 Å². The summed E-state index contributed by atoms with van der Waals surface area (Å²) in [5.74, 6) is -0.651. The molecule has 1 fully saturated rings. The van der Waals surface area contributed by atoms with E-state index in [0.29, 0.717) is 31.4 Å². The third-order valence-corrected chi connectivity index (χ3v) is 8.46. The van der Waals surface area contributed by atoms with E-state index in [1.807, 2.05) is 55.6 Å². The lowest BCUT2D eigenvalue weighted by Gasteiger charge is -2.25. The van der Waals surface area contributed by atoms with Crippen molar-refractivity contribution in [3.63, 3.8) is 0 Å². The number of fused-ring (bicyclic) bond motifs is 5. The summed E-state index contributed by atoms with van der Waals surface area (Å²) in [6.07, 6.45) is 2.54. The SMILES string of the molecule is CN1C(=O)C2(Cc3cc4c(cc3C2)CC2C(=O)N(c3ccccc3)C(=O)C2C4)c2ccccc21. The summed E-state index contributed by atoms with van der Waals surface area (Å²) >= 11 is 0. The molecule has 0 N–H and O–H groups in total. The van der Waals surface area contributed by atoms with Crippen LogP contribution in [0.1, 0.15) is 27.8 Å². The molecule has 5 heteroatoms. The molecule has 0 saturated carbocycles. The van der Waals surface area contributed by atoms with E-state index in [1.54, 1.807) is 4.90 Å². The van der Waals surface area contributed by atoms with Crippen molar-refractivity contribution in [1.82, 2.24) is 0 Å². The Bertz CT molecular complexity index is 1360. The second-order valence-electron chi connectivity index (χ2n) is 10.2. The van der Waals surface area contributed by atoms with Gasteiger partial charge in [0.15, 0.2) is 0 Å². The smallest absolute Gasteiger partial charge is 0.238 e. The number of nitrogens with zero attached hydrogens (tertiary/aromatic N) is 2. The van der Waals surface area contributed by atoms with Crippen LogP contribution in [0.15, 0.2) is 66.7 Å². The largest absolute Gasteiger partial charge is 0.314 e. The normalized spacial score (nSPS) is 26.7. The van der Waals surface area contributed by atoms with Crippen LogP contribution in [0.25, 0.3) is 0 Å². The number of likely N-dealkylation sites (N-methyl/N-ethyl adjacent to an activating group) is 1. The molecule has 3 amide bonds. The number of hydrogen-bond donors (Lipinski definition) is 0. The molecule has 34 heavy (non-hydrogen) atoms. The van der Waals surface area contributed by atoms with Crippen LogP contribution in [0.5, 0.6) is 0 Å². The Morgan fingerprint density at radius 3 is 1.91 bits per heavy atom. The molecule has 0 radical (unpaired) electrons. The lowest BCUT2D eigenvalue weighted by Crippen LogP contribution is -2.39. The third kappa shape index (κ3) is 2.42. The Morgan fingerprint density at radius 2 is 1.29 bits per heavy atom. The summed E-state index contributed by atoms with van der Waals surface area (Å²) < 4.78 is 0. The zero-order valence-electron chi connectivity index (χ0n) is 19.0. The minimum atomic E-state index is -0.538. The van der Waals surface area contributed by atoms with Crippen LogP contribution in [-0.2, 0) is 45.5 Å². The van der Waals surface area contributed by atoms with Gasteiger partial charge < -0.3 is 4.90 Å². The van der Waals surface area contributed by atoms with Gasteiger partial charge in [0.25, 0.3) is 0 Å². The van der Waals surface area contributed by atoms with Crippen molar-refractivity contribution in [2.24, 2.45) is 11.8 Å². The van der Waals surface area contributed by atoms with Crippen LogP contribution < -0.4 is 9.80 Å². The fourth-order valence-electron chi connectivity index (χ4n) is 6.82. The van der Waals surface area contributed by atoms with Gasteiger partial charge in [0.2, 0.25) is 17.7 Å². The Labute approximate surface area is 198 Å². The molecule has 1 spiro atoms. The van der Waals surface area contributed by atoms with Crippen LogP contribution in [0, 0.1) is 11.8 Å². The van der Waals surface area contributed by atoms with Crippen LogP contribution >= 0.6 is 0 Å². The highest BCUT2D eigenvalue weighted by Gasteiger charge is 2.54. The minimum Gasteiger partial charge on any atom is -0.314 e. The molecule has 0 bridgehead atoms. The first-order chi connectivity index (χ1) is 16.5. The van der Waals surface area contributed by atoms with Gasteiger partial charge in [-0.2, -0.15) is 0 Å². The van der Waals surface area contributed by atoms with E-state index >= 15 is 0 Å². The van der Waals surface area contributed by atoms with Gasteiger partial charge in [0.05, 0.1) is 22.9 Å². The lowest BCUT2D eigenvalue weighted by molar-refractivity contribution is -0.123. The highest BCUT2D eigenvalue weighted by atomic mass is 16.2. The van der Waals surface area contributed by atoms with E-state index in [1.165, 1.54) is 16.0 Å².